The van der Waals surface area contributed by atoms with Crippen LogP contribution in [0.3, 0.4) is 0 Å². The van der Waals surface area contributed by atoms with Gasteiger partial charge in [-0.05, 0) is 73.4 Å². The highest BCUT2D eigenvalue weighted by Crippen LogP contribution is 2.34. The van der Waals surface area contributed by atoms with Crippen LogP contribution in [-0.4, -0.2) is 47.5 Å². The largest absolute Gasteiger partial charge is 0.488 e. The molecule has 4 aromatic rings. The molecule has 42 heavy (non-hydrogen) atoms. The molecule has 0 bridgehead atoms. The number of piperidine rings is 1. The molecule has 1 amide bonds. The monoisotopic (exact) mass is 567 g/mol. The molecule has 2 atom stereocenters. The number of aliphatic hydroxyl groups is 1. The van der Waals surface area contributed by atoms with Crippen molar-refractivity contribution in [3.05, 3.63) is 113 Å². The SMILES string of the molecule is CC(C)(C)OC(=O)N1CCC(c2ccc(CCO)cc2)C(OCc2cc(OCc3ccccc3)c3ccccc3c2)C1. The number of ether oxygens (including phenoxy) is 3. The number of nitrogens with zero attached hydrogens (tertiary/aromatic N) is 1. The molecule has 0 aliphatic carbocycles. The van der Waals surface area contributed by atoms with Crippen molar-refractivity contribution in [1.82, 2.24) is 4.90 Å². The van der Waals surface area contributed by atoms with Gasteiger partial charge in [0.2, 0.25) is 0 Å². The lowest BCUT2D eigenvalue weighted by Crippen LogP contribution is -2.48. The molecule has 6 nitrogen and oxygen atoms in total. The molecule has 0 saturated carbocycles. The van der Waals surface area contributed by atoms with Gasteiger partial charge in [0, 0.05) is 24.5 Å². The Bertz CT molecular complexity index is 1460. The molecule has 1 aliphatic rings. The second-order valence-corrected chi connectivity index (χ2v) is 12.0. The summed E-state index contributed by atoms with van der Waals surface area (Å²) in [4.78, 5) is 14.7. The maximum atomic E-state index is 13.0. The summed E-state index contributed by atoms with van der Waals surface area (Å²) < 4.78 is 18.6. The lowest BCUT2D eigenvalue weighted by molar-refractivity contribution is -0.0359. The Kier molecular flexibility index (Phi) is 9.45. The van der Waals surface area contributed by atoms with Crippen molar-refractivity contribution in [2.45, 2.75) is 64.4 Å². The fraction of sp³-hybridized carbons (Fsp3) is 0.361. The van der Waals surface area contributed by atoms with E-state index in [2.05, 4.69) is 60.7 Å². The van der Waals surface area contributed by atoms with Crippen molar-refractivity contribution < 1.29 is 24.1 Å². The van der Waals surface area contributed by atoms with E-state index in [1.165, 1.54) is 5.56 Å². The van der Waals surface area contributed by atoms with E-state index in [9.17, 15) is 9.90 Å². The third-order valence-electron chi connectivity index (χ3n) is 7.60. The topological polar surface area (TPSA) is 68.2 Å². The minimum atomic E-state index is -0.561. The quantitative estimate of drug-likeness (QED) is 0.231. The first kappa shape index (κ1) is 29.6. The molecule has 5 rings (SSSR count). The number of likely N-dealkylation sites (tertiary alicyclic amines) is 1. The number of hydrogen-bond donors (Lipinski definition) is 1. The van der Waals surface area contributed by atoms with Crippen LogP contribution < -0.4 is 4.74 Å². The molecule has 1 aliphatic heterocycles. The third kappa shape index (κ3) is 7.69. The van der Waals surface area contributed by atoms with Crippen molar-refractivity contribution >= 4 is 16.9 Å². The number of hydrogen-bond acceptors (Lipinski definition) is 5. The second-order valence-electron chi connectivity index (χ2n) is 12.0. The Morgan fingerprint density at radius 3 is 2.36 bits per heavy atom. The molecule has 0 aromatic heterocycles. The number of benzene rings is 4. The molecule has 1 N–H and O–H groups in total. The molecule has 1 fully saturated rings. The van der Waals surface area contributed by atoms with E-state index in [0.717, 1.165) is 39.6 Å². The van der Waals surface area contributed by atoms with Crippen LogP contribution in [0.4, 0.5) is 4.79 Å². The number of fused-ring (bicyclic) bond motifs is 1. The molecule has 2 unspecified atom stereocenters. The molecular formula is C36H41NO5. The first-order valence-corrected chi connectivity index (χ1v) is 14.8. The molecule has 0 spiro atoms. The van der Waals surface area contributed by atoms with E-state index in [-0.39, 0.29) is 24.7 Å². The molecule has 4 aromatic carbocycles. The van der Waals surface area contributed by atoms with Gasteiger partial charge in [-0.25, -0.2) is 4.79 Å². The predicted octanol–water partition coefficient (Wildman–Crippen LogP) is 7.26. The van der Waals surface area contributed by atoms with Gasteiger partial charge >= 0.3 is 6.09 Å². The minimum absolute atomic E-state index is 0.126. The summed E-state index contributed by atoms with van der Waals surface area (Å²) in [6, 6.07) is 31.0. The van der Waals surface area contributed by atoms with Gasteiger partial charge in [0.1, 0.15) is 18.0 Å². The normalized spacial score (nSPS) is 17.3. The molecule has 1 saturated heterocycles. The van der Waals surface area contributed by atoms with Crippen LogP contribution in [0.25, 0.3) is 10.8 Å². The number of carbonyl (C=O) groups is 1. The third-order valence-corrected chi connectivity index (χ3v) is 7.60. The van der Waals surface area contributed by atoms with E-state index < -0.39 is 5.60 Å². The molecule has 220 valence electrons. The van der Waals surface area contributed by atoms with Crippen molar-refractivity contribution in [2.24, 2.45) is 0 Å². The molecule has 0 radical (unpaired) electrons. The first-order valence-electron chi connectivity index (χ1n) is 14.8. The summed E-state index contributed by atoms with van der Waals surface area (Å²) in [5.41, 5.74) is 3.84. The van der Waals surface area contributed by atoms with Crippen molar-refractivity contribution in [3.8, 4) is 5.75 Å². The number of rotatable bonds is 9. The van der Waals surface area contributed by atoms with E-state index in [0.29, 0.717) is 32.7 Å². The number of carbonyl (C=O) groups excluding carboxylic acids is 1. The van der Waals surface area contributed by atoms with Gasteiger partial charge in [0.15, 0.2) is 0 Å². The van der Waals surface area contributed by atoms with Gasteiger partial charge in [-0.2, -0.15) is 0 Å². The van der Waals surface area contributed by atoms with Gasteiger partial charge in [-0.15, -0.1) is 0 Å². The number of amides is 1. The van der Waals surface area contributed by atoms with Gasteiger partial charge < -0.3 is 24.2 Å². The first-order chi connectivity index (χ1) is 20.3. The Hall–Kier alpha value is -3.87. The highest BCUT2D eigenvalue weighted by Gasteiger charge is 2.35. The Balaban J connectivity index is 1.36. The van der Waals surface area contributed by atoms with Gasteiger partial charge in [-0.3, -0.25) is 0 Å². The number of aliphatic hydroxyl groups excluding tert-OH is 1. The average molecular weight is 568 g/mol. The lowest BCUT2D eigenvalue weighted by Gasteiger charge is -2.39. The maximum Gasteiger partial charge on any atom is 0.410 e. The second kappa shape index (κ2) is 13.4. The molecule has 1 heterocycles. The zero-order valence-electron chi connectivity index (χ0n) is 24.8. The zero-order valence-corrected chi connectivity index (χ0v) is 24.8. The summed E-state index contributed by atoms with van der Waals surface area (Å²) in [6.45, 7) is 7.70. The van der Waals surface area contributed by atoms with E-state index >= 15 is 0 Å². The summed E-state index contributed by atoms with van der Waals surface area (Å²) in [5, 5.41) is 11.5. The Morgan fingerprint density at radius 1 is 0.881 bits per heavy atom. The van der Waals surface area contributed by atoms with Crippen molar-refractivity contribution in [2.75, 3.05) is 19.7 Å². The standard InChI is InChI=1S/C36H41NO5/c1-36(2,3)42-35(39)37-19-17-32(29-15-13-26(14-16-29)18-20-38)34(23-37)41-25-28-21-30-11-7-8-12-31(30)33(22-28)40-24-27-9-5-4-6-10-27/h4-16,21-22,32,34,38H,17-20,23-25H2,1-3H3. The summed E-state index contributed by atoms with van der Waals surface area (Å²) >= 11 is 0. The minimum Gasteiger partial charge on any atom is -0.488 e. The summed E-state index contributed by atoms with van der Waals surface area (Å²) in [7, 11) is 0. The van der Waals surface area contributed by atoms with E-state index in [4.69, 9.17) is 14.2 Å². The van der Waals surface area contributed by atoms with Crippen LogP contribution in [0.5, 0.6) is 5.75 Å². The predicted molar refractivity (Wildman–Crippen MR) is 166 cm³/mol. The average Bonchev–Trinajstić information content (AvgIpc) is 2.99. The van der Waals surface area contributed by atoms with Crippen molar-refractivity contribution in [3.63, 3.8) is 0 Å². The van der Waals surface area contributed by atoms with Crippen LogP contribution in [-0.2, 0) is 29.1 Å². The van der Waals surface area contributed by atoms with Gasteiger partial charge in [0.05, 0.1) is 19.3 Å². The highest BCUT2D eigenvalue weighted by molar-refractivity contribution is 5.89. The fourth-order valence-electron chi connectivity index (χ4n) is 5.50. The highest BCUT2D eigenvalue weighted by atomic mass is 16.6. The lowest BCUT2D eigenvalue weighted by atomic mass is 9.86. The smallest absolute Gasteiger partial charge is 0.410 e. The van der Waals surface area contributed by atoms with Crippen LogP contribution in [0.2, 0.25) is 0 Å². The van der Waals surface area contributed by atoms with Crippen LogP contribution in [0.1, 0.15) is 55.4 Å². The molecule has 6 heteroatoms. The molecular weight excluding hydrogens is 526 g/mol. The van der Waals surface area contributed by atoms with Gasteiger partial charge in [-0.1, -0.05) is 78.9 Å². The fourth-order valence-corrected chi connectivity index (χ4v) is 5.50. The maximum absolute atomic E-state index is 13.0. The zero-order chi connectivity index (χ0) is 29.5. The van der Waals surface area contributed by atoms with Gasteiger partial charge in [0.25, 0.3) is 0 Å². The Labute approximate surface area is 248 Å². The van der Waals surface area contributed by atoms with Crippen LogP contribution in [0, 0.1) is 0 Å². The Morgan fingerprint density at radius 2 is 1.62 bits per heavy atom. The van der Waals surface area contributed by atoms with Crippen LogP contribution in [0.15, 0.2) is 91.0 Å². The summed E-state index contributed by atoms with van der Waals surface area (Å²) in [6.07, 6.45) is 0.880. The summed E-state index contributed by atoms with van der Waals surface area (Å²) in [5.74, 6) is 0.951. The van der Waals surface area contributed by atoms with E-state index in [1.54, 1.807) is 4.90 Å². The van der Waals surface area contributed by atoms with Crippen LogP contribution >= 0.6 is 0 Å². The van der Waals surface area contributed by atoms with Crippen molar-refractivity contribution in [1.29, 1.82) is 0 Å². The van der Waals surface area contributed by atoms with E-state index in [1.807, 2.05) is 51.1 Å².